The molecule has 3 rings (SSSR count). The summed E-state index contributed by atoms with van der Waals surface area (Å²) in [6, 6.07) is 8.84. The van der Waals surface area contributed by atoms with Gasteiger partial charge in [0.1, 0.15) is 5.60 Å². The maximum absolute atomic E-state index is 6.54. The first-order chi connectivity index (χ1) is 13.3. The number of hydrogen-bond acceptors (Lipinski definition) is 3. The monoisotopic (exact) mass is 373 g/mol. The van der Waals surface area contributed by atoms with E-state index in [2.05, 4.69) is 36.1 Å². The molecule has 152 valence electrons. The molecule has 3 nitrogen and oxygen atoms in total. The zero-order valence-corrected chi connectivity index (χ0v) is 17.5. The molecule has 0 saturated carbocycles. The fourth-order valence-electron chi connectivity index (χ4n) is 4.89. The average Bonchev–Trinajstić information content (AvgIpc) is 2.70. The molecule has 0 aliphatic carbocycles. The van der Waals surface area contributed by atoms with Crippen LogP contribution in [0, 0.1) is 0 Å². The second-order valence-corrected chi connectivity index (χ2v) is 8.49. The summed E-state index contributed by atoms with van der Waals surface area (Å²) in [4.78, 5) is 2.63. The normalized spacial score (nSPS) is 25.6. The molecule has 0 aromatic heterocycles. The van der Waals surface area contributed by atoms with Gasteiger partial charge in [-0.3, -0.25) is 0 Å². The molecule has 27 heavy (non-hydrogen) atoms. The number of nitrogens with zero attached hydrogens (tertiary/aromatic N) is 1. The van der Waals surface area contributed by atoms with Crippen molar-refractivity contribution in [1.82, 2.24) is 4.90 Å². The Morgan fingerprint density at radius 3 is 2.59 bits per heavy atom. The molecular weight excluding hydrogens is 334 g/mol. The third-order valence-corrected chi connectivity index (χ3v) is 6.38. The van der Waals surface area contributed by atoms with Gasteiger partial charge >= 0.3 is 0 Å². The number of methoxy groups -OCH3 is 1. The first-order valence-corrected chi connectivity index (χ1v) is 11.3. The maximum atomic E-state index is 6.54. The number of hydrogen-bond donors (Lipinski definition) is 0. The van der Waals surface area contributed by atoms with Crippen molar-refractivity contribution < 1.29 is 9.47 Å². The third-order valence-electron chi connectivity index (χ3n) is 6.38. The van der Waals surface area contributed by atoms with Gasteiger partial charge in [-0.15, -0.1) is 0 Å². The minimum atomic E-state index is -0.173. The van der Waals surface area contributed by atoms with Gasteiger partial charge in [0.15, 0.2) is 6.29 Å². The fourth-order valence-corrected chi connectivity index (χ4v) is 4.89. The second-order valence-electron chi connectivity index (χ2n) is 8.49. The number of benzene rings is 1. The maximum Gasteiger partial charge on any atom is 0.162 e. The smallest absolute Gasteiger partial charge is 0.162 e. The lowest BCUT2D eigenvalue weighted by molar-refractivity contribution is -0.228. The molecule has 1 spiro atoms. The lowest BCUT2D eigenvalue weighted by atomic mass is 9.80. The van der Waals surface area contributed by atoms with Crippen molar-refractivity contribution in [2.75, 3.05) is 26.7 Å². The number of likely N-dealkylation sites (tertiary alicyclic amines) is 1. The van der Waals surface area contributed by atoms with Gasteiger partial charge in [0.25, 0.3) is 0 Å². The van der Waals surface area contributed by atoms with Crippen molar-refractivity contribution in [1.29, 1.82) is 0 Å². The second kappa shape index (κ2) is 10.6. The molecule has 1 saturated heterocycles. The van der Waals surface area contributed by atoms with Crippen LogP contribution in [0.25, 0.3) is 0 Å². The minimum Gasteiger partial charge on any atom is -0.355 e. The van der Waals surface area contributed by atoms with Crippen LogP contribution in [0.15, 0.2) is 24.3 Å². The summed E-state index contributed by atoms with van der Waals surface area (Å²) in [5.41, 5.74) is 2.64. The summed E-state index contributed by atoms with van der Waals surface area (Å²) in [6.07, 6.45) is 14.2. The van der Waals surface area contributed by atoms with E-state index in [1.807, 2.05) is 0 Å². The molecule has 1 aromatic carbocycles. The molecule has 3 heteroatoms. The van der Waals surface area contributed by atoms with Crippen LogP contribution in [-0.4, -0.2) is 37.9 Å². The molecule has 0 radical (unpaired) electrons. The standard InChI is InChI=1S/C24H39NO2/c1-3-4-5-6-7-8-9-12-17-25-18-13-16-24(20-25)22-15-11-10-14-21(22)19-23(26-2)27-24/h10-11,14-15,23H,3-9,12-13,16-20H2,1-2H3/t23-,24+/m0/s1. The zero-order chi connectivity index (χ0) is 19.0. The Morgan fingerprint density at radius 2 is 1.81 bits per heavy atom. The molecule has 2 heterocycles. The van der Waals surface area contributed by atoms with Gasteiger partial charge < -0.3 is 14.4 Å². The van der Waals surface area contributed by atoms with E-state index in [9.17, 15) is 0 Å². The van der Waals surface area contributed by atoms with E-state index < -0.39 is 0 Å². The van der Waals surface area contributed by atoms with Crippen molar-refractivity contribution in [3.63, 3.8) is 0 Å². The van der Waals surface area contributed by atoms with E-state index in [0.717, 1.165) is 19.4 Å². The molecule has 0 unspecified atom stereocenters. The highest BCUT2D eigenvalue weighted by Gasteiger charge is 2.44. The highest BCUT2D eigenvalue weighted by Crippen LogP contribution is 2.42. The highest BCUT2D eigenvalue weighted by atomic mass is 16.7. The number of fused-ring (bicyclic) bond motifs is 2. The Balaban J connectivity index is 1.50. The van der Waals surface area contributed by atoms with E-state index >= 15 is 0 Å². The SMILES string of the molecule is CCCCCCCCCCN1CCC[C@]2(C1)O[C@H](OC)Cc1ccccc12. The Kier molecular flexibility index (Phi) is 8.17. The minimum absolute atomic E-state index is 0.108. The van der Waals surface area contributed by atoms with E-state index in [-0.39, 0.29) is 11.9 Å². The molecule has 1 fully saturated rings. The lowest BCUT2D eigenvalue weighted by Crippen LogP contribution is -2.52. The Bertz CT molecular complexity index is 561. The van der Waals surface area contributed by atoms with Crippen LogP contribution in [0.5, 0.6) is 0 Å². The van der Waals surface area contributed by atoms with Crippen LogP contribution in [0.3, 0.4) is 0 Å². The Hall–Kier alpha value is -0.900. The van der Waals surface area contributed by atoms with Gasteiger partial charge in [0, 0.05) is 20.1 Å². The molecule has 0 N–H and O–H groups in total. The van der Waals surface area contributed by atoms with Crippen LogP contribution in [0.2, 0.25) is 0 Å². The quantitative estimate of drug-likeness (QED) is 0.494. The summed E-state index contributed by atoms with van der Waals surface area (Å²) in [5.74, 6) is 0. The van der Waals surface area contributed by atoms with E-state index in [0.29, 0.717) is 0 Å². The number of ether oxygens (including phenoxy) is 2. The number of unbranched alkanes of at least 4 members (excludes halogenated alkanes) is 7. The van der Waals surface area contributed by atoms with Crippen molar-refractivity contribution in [2.24, 2.45) is 0 Å². The summed E-state index contributed by atoms with van der Waals surface area (Å²) in [7, 11) is 1.77. The fraction of sp³-hybridized carbons (Fsp3) is 0.750. The van der Waals surface area contributed by atoms with Crippen molar-refractivity contribution in [2.45, 2.75) is 89.4 Å². The van der Waals surface area contributed by atoms with Gasteiger partial charge in [0.05, 0.1) is 0 Å². The van der Waals surface area contributed by atoms with Gasteiger partial charge in [-0.25, -0.2) is 0 Å². The zero-order valence-electron chi connectivity index (χ0n) is 17.5. The topological polar surface area (TPSA) is 21.7 Å². The Morgan fingerprint density at radius 1 is 1.07 bits per heavy atom. The molecule has 2 atom stereocenters. The number of piperidine rings is 1. The third kappa shape index (κ3) is 5.56. The first kappa shape index (κ1) is 20.8. The number of rotatable bonds is 10. The predicted molar refractivity (Wildman–Crippen MR) is 112 cm³/mol. The summed E-state index contributed by atoms with van der Waals surface area (Å²) in [5, 5.41) is 0. The average molecular weight is 374 g/mol. The molecule has 0 bridgehead atoms. The van der Waals surface area contributed by atoms with Crippen LogP contribution in [-0.2, 0) is 21.5 Å². The van der Waals surface area contributed by atoms with Gasteiger partial charge in [-0.05, 0) is 43.5 Å². The van der Waals surface area contributed by atoms with Crippen molar-refractivity contribution in [3.05, 3.63) is 35.4 Å². The van der Waals surface area contributed by atoms with E-state index in [4.69, 9.17) is 9.47 Å². The molecule has 0 amide bonds. The first-order valence-electron chi connectivity index (χ1n) is 11.3. The van der Waals surface area contributed by atoms with Crippen LogP contribution >= 0.6 is 0 Å². The van der Waals surface area contributed by atoms with Gasteiger partial charge in [-0.1, -0.05) is 76.1 Å². The van der Waals surface area contributed by atoms with Gasteiger partial charge in [-0.2, -0.15) is 0 Å². The van der Waals surface area contributed by atoms with Crippen molar-refractivity contribution in [3.8, 4) is 0 Å². The van der Waals surface area contributed by atoms with Crippen LogP contribution in [0.4, 0.5) is 0 Å². The van der Waals surface area contributed by atoms with Crippen LogP contribution < -0.4 is 0 Å². The van der Waals surface area contributed by atoms with Gasteiger partial charge in [0.2, 0.25) is 0 Å². The Labute approximate surface area is 166 Å². The lowest BCUT2D eigenvalue weighted by Gasteiger charge is -2.48. The molecule has 2 aliphatic heterocycles. The largest absolute Gasteiger partial charge is 0.355 e. The predicted octanol–water partition coefficient (Wildman–Crippen LogP) is 5.66. The summed E-state index contributed by atoms with van der Waals surface area (Å²) >= 11 is 0. The van der Waals surface area contributed by atoms with Crippen LogP contribution in [0.1, 0.15) is 82.3 Å². The summed E-state index contributed by atoms with van der Waals surface area (Å²) < 4.78 is 12.2. The van der Waals surface area contributed by atoms with E-state index in [1.165, 1.54) is 82.0 Å². The molecule has 2 aliphatic rings. The summed E-state index contributed by atoms with van der Waals surface area (Å²) in [6.45, 7) is 5.72. The van der Waals surface area contributed by atoms with E-state index in [1.54, 1.807) is 7.11 Å². The molecule has 1 aromatic rings. The molecular formula is C24H39NO2. The highest BCUT2D eigenvalue weighted by molar-refractivity contribution is 5.35. The van der Waals surface area contributed by atoms with Crippen molar-refractivity contribution >= 4 is 0 Å².